The van der Waals surface area contributed by atoms with Gasteiger partial charge in [0.2, 0.25) is 0 Å². The fraction of sp³-hybridized carbons (Fsp3) is 0.217. The second kappa shape index (κ2) is 7.88. The molecular formula is C23H22ClN3O3. The van der Waals surface area contributed by atoms with Gasteiger partial charge in [-0.15, -0.1) is 0 Å². The minimum atomic E-state index is -0.420. The predicted molar refractivity (Wildman–Crippen MR) is 120 cm³/mol. The van der Waals surface area contributed by atoms with E-state index in [-0.39, 0.29) is 11.1 Å². The first kappa shape index (κ1) is 20.0. The maximum Gasteiger partial charge on any atom is 0.269 e. The van der Waals surface area contributed by atoms with Gasteiger partial charge >= 0.3 is 0 Å². The maximum atomic E-state index is 10.8. The van der Waals surface area contributed by atoms with Crippen LogP contribution in [0.4, 0.5) is 22.7 Å². The molecule has 154 valence electrons. The van der Waals surface area contributed by atoms with E-state index in [9.17, 15) is 10.1 Å². The normalized spacial score (nSPS) is 12.6. The van der Waals surface area contributed by atoms with E-state index in [0.717, 1.165) is 28.2 Å². The van der Waals surface area contributed by atoms with Crippen LogP contribution in [0, 0.1) is 10.1 Å². The van der Waals surface area contributed by atoms with E-state index in [1.54, 1.807) is 12.1 Å². The molecule has 0 unspecified atom stereocenters. The molecule has 3 aromatic rings. The number of nitro benzene ring substituents is 1. The molecule has 30 heavy (non-hydrogen) atoms. The van der Waals surface area contributed by atoms with Crippen LogP contribution < -0.4 is 15.4 Å². The summed E-state index contributed by atoms with van der Waals surface area (Å²) in [6.45, 7) is 5.36. The molecule has 2 N–H and O–H groups in total. The number of non-ortho nitro benzene ring substituents is 1. The van der Waals surface area contributed by atoms with Crippen LogP contribution in [0.2, 0.25) is 5.02 Å². The number of nitro groups is 1. The number of fused-ring (bicyclic) bond motifs is 2. The van der Waals surface area contributed by atoms with Crippen molar-refractivity contribution in [3.05, 3.63) is 86.9 Å². The Balaban J connectivity index is 1.50. The average molecular weight is 424 g/mol. The summed E-state index contributed by atoms with van der Waals surface area (Å²) in [4.78, 5) is 10.4. The number of nitrogens with one attached hydrogen (secondary N) is 2. The highest BCUT2D eigenvalue weighted by Crippen LogP contribution is 2.36. The molecule has 0 spiro atoms. The van der Waals surface area contributed by atoms with Crippen molar-refractivity contribution < 1.29 is 9.66 Å². The van der Waals surface area contributed by atoms with Gasteiger partial charge in [0.25, 0.3) is 5.69 Å². The molecule has 1 aliphatic rings. The third-order valence-corrected chi connectivity index (χ3v) is 5.49. The van der Waals surface area contributed by atoms with Crippen molar-refractivity contribution in [2.24, 2.45) is 0 Å². The van der Waals surface area contributed by atoms with Gasteiger partial charge in [-0.25, -0.2) is 0 Å². The van der Waals surface area contributed by atoms with Crippen LogP contribution in [0.3, 0.4) is 0 Å². The molecule has 0 fully saturated rings. The van der Waals surface area contributed by atoms with E-state index in [1.165, 1.54) is 12.1 Å². The zero-order valence-corrected chi connectivity index (χ0v) is 17.5. The van der Waals surface area contributed by atoms with Crippen molar-refractivity contribution in [2.75, 3.05) is 17.2 Å². The second-order valence-electron chi connectivity index (χ2n) is 7.96. The minimum absolute atomic E-state index is 0.0493. The molecule has 1 aliphatic heterocycles. The standard InChI is InChI=1S/C23H22ClN3O3/c1-23(2,14-30-19-8-6-18(7-9-19)27(28)29)16-4-10-20-22(11-16)25-13-15-3-5-17(24)12-21(15)26-20/h3-12,25-26H,13-14H2,1-2H3. The van der Waals surface area contributed by atoms with Crippen molar-refractivity contribution in [3.63, 3.8) is 0 Å². The third-order valence-electron chi connectivity index (χ3n) is 5.26. The van der Waals surface area contributed by atoms with Gasteiger partial charge in [0, 0.05) is 34.8 Å². The summed E-state index contributed by atoms with van der Waals surface area (Å²) in [6.07, 6.45) is 0. The van der Waals surface area contributed by atoms with Crippen molar-refractivity contribution in [1.29, 1.82) is 0 Å². The molecule has 1 heterocycles. The molecule has 0 saturated heterocycles. The molecule has 0 atom stereocenters. The van der Waals surface area contributed by atoms with E-state index >= 15 is 0 Å². The van der Waals surface area contributed by atoms with E-state index < -0.39 is 4.92 Å². The highest BCUT2D eigenvalue weighted by molar-refractivity contribution is 6.30. The fourth-order valence-corrected chi connectivity index (χ4v) is 3.56. The number of rotatable bonds is 5. The first-order valence-corrected chi connectivity index (χ1v) is 10.0. The summed E-state index contributed by atoms with van der Waals surface area (Å²) in [5.41, 5.74) is 5.07. The molecule has 0 saturated carbocycles. The molecule has 0 amide bonds. The van der Waals surface area contributed by atoms with E-state index in [1.807, 2.05) is 18.2 Å². The molecule has 0 radical (unpaired) electrons. The molecule has 4 rings (SSSR count). The van der Waals surface area contributed by atoms with E-state index in [4.69, 9.17) is 16.3 Å². The van der Waals surface area contributed by atoms with Gasteiger partial charge in [0.15, 0.2) is 0 Å². The monoisotopic (exact) mass is 423 g/mol. The maximum absolute atomic E-state index is 10.8. The molecular weight excluding hydrogens is 402 g/mol. The van der Waals surface area contributed by atoms with E-state index in [2.05, 4.69) is 42.7 Å². The summed E-state index contributed by atoms with van der Waals surface area (Å²) < 4.78 is 5.92. The smallest absolute Gasteiger partial charge is 0.269 e. The average Bonchev–Trinajstić information content (AvgIpc) is 2.90. The van der Waals surface area contributed by atoms with Crippen LogP contribution in [0.5, 0.6) is 5.75 Å². The summed E-state index contributed by atoms with van der Waals surface area (Å²) in [7, 11) is 0. The van der Waals surface area contributed by atoms with E-state index in [0.29, 0.717) is 23.9 Å². The number of halogens is 1. The summed E-state index contributed by atoms with van der Waals surface area (Å²) in [6, 6.07) is 18.3. The Morgan fingerprint density at radius 2 is 1.80 bits per heavy atom. The van der Waals surface area contributed by atoms with Gasteiger partial charge in [-0.2, -0.15) is 0 Å². The van der Waals surface area contributed by atoms with Crippen LogP contribution in [0.25, 0.3) is 0 Å². The van der Waals surface area contributed by atoms with Crippen molar-refractivity contribution in [3.8, 4) is 5.75 Å². The number of benzene rings is 3. The van der Waals surface area contributed by atoms with Crippen molar-refractivity contribution in [2.45, 2.75) is 25.8 Å². The zero-order chi connectivity index (χ0) is 21.3. The Morgan fingerprint density at radius 1 is 1.03 bits per heavy atom. The minimum Gasteiger partial charge on any atom is -0.493 e. The van der Waals surface area contributed by atoms with Gasteiger partial charge in [-0.05, 0) is 47.5 Å². The Labute approximate surface area is 180 Å². The van der Waals surface area contributed by atoms with Gasteiger partial charge in [-0.1, -0.05) is 37.6 Å². The van der Waals surface area contributed by atoms with Crippen molar-refractivity contribution in [1.82, 2.24) is 0 Å². The lowest BCUT2D eigenvalue weighted by Crippen LogP contribution is -2.26. The van der Waals surface area contributed by atoms with Gasteiger partial charge < -0.3 is 15.4 Å². The van der Waals surface area contributed by atoms with Crippen LogP contribution in [0.1, 0.15) is 25.0 Å². The first-order chi connectivity index (χ1) is 14.3. The first-order valence-electron chi connectivity index (χ1n) is 9.63. The molecule has 7 heteroatoms. The van der Waals surface area contributed by atoms with Crippen LogP contribution in [0.15, 0.2) is 60.7 Å². The van der Waals surface area contributed by atoms with Crippen LogP contribution >= 0.6 is 11.6 Å². The fourth-order valence-electron chi connectivity index (χ4n) is 3.39. The van der Waals surface area contributed by atoms with Gasteiger partial charge in [-0.3, -0.25) is 10.1 Å². The second-order valence-corrected chi connectivity index (χ2v) is 8.40. The molecule has 6 nitrogen and oxygen atoms in total. The number of ether oxygens (including phenoxy) is 1. The Kier molecular flexibility index (Phi) is 5.26. The quantitative estimate of drug-likeness (QED) is 0.373. The summed E-state index contributed by atoms with van der Waals surface area (Å²) in [5.74, 6) is 0.607. The summed E-state index contributed by atoms with van der Waals surface area (Å²) >= 11 is 6.14. The largest absolute Gasteiger partial charge is 0.493 e. The lowest BCUT2D eigenvalue weighted by Gasteiger charge is -2.26. The molecule has 0 aliphatic carbocycles. The predicted octanol–water partition coefficient (Wildman–Crippen LogP) is 6.27. The number of hydrogen-bond acceptors (Lipinski definition) is 5. The Hall–Kier alpha value is -3.25. The Bertz CT molecular complexity index is 1100. The highest BCUT2D eigenvalue weighted by atomic mass is 35.5. The third kappa shape index (κ3) is 4.19. The zero-order valence-electron chi connectivity index (χ0n) is 16.7. The topological polar surface area (TPSA) is 76.4 Å². The number of hydrogen-bond donors (Lipinski definition) is 2. The van der Waals surface area contributed by atoms with Gasteiger partial charge in [0.1, 0.15) is 5.75 Å². The molecule has 0 bridgehead atoms. The van der Waals surface area contributed by atoms with Crippen LogP contribution in [-0.4, -0.2) is 11.5 Å². The number of anilines is 3. The lowest BCUT2D eigenvalue weighted by molar-refractivity contribution is -0.384. The van der Waals surface area contributed by atoms with Crippen molar-refractivity contribution >= 4 is 34.4 Å². The Morgan fingerprint density at radius 3 is 2.53 bits per heavy atom. The summed E-state index contributed by atoms with van der Waals surface area (Å²) in [5, 5.41) is 18.4. The highest BCUT2D eigenvalue weighted by Gasteiger charge is 2.24. The molecule has 3 aromatic carbocycles. The van der Waals surface area contributed by atoms with Gasteiger partial charge in [0.05, 0.1) is 22.9 Å². The lowest BCUT2D eigenvalue weighted by atomic mass is 9.85. The SMILES string of the molecule is CC(C)(COc1ccc([N+](=O)[O-])cc1)c1ccc2c(c1)NCc1ccc(Cl)cc1N2. The molecule has 0 aromatic heterocycles. The number of nitrogens with zero attached hydrogens (tertiary/aromatic N) is 1. The van der Waals surface area contributed by atoms with Crippen LogP contribution in [-0.2, 0) is 12.0 Å².